The first-order chi connectivity index (χ1) is 19.9. The molecule has 0 atom stereocenters. The summed E-state index contributed by atoms with van der Waals surface area (Å²) >= 11 is 0. The van der Waals surface area contributed by atoms with E-state index in [0.29, 0.717) is 22.6 Å². The Hall–Kier alpha value is -3.87. The Morgan fingerprint density at radius 3 is 2.52 bits per heavy atom. The number of ether oxygens (including phenoxy) is 1. The Labute approximate surface area is 244 Å². The average Bonchev–Trinajstić information content (AvgIpc) is 3.26. The van der Waals surface area contributed by atoms with Gasteiger partial charge < -0.3 is 24.8 Å². The first kappa shape index (κ1) is 31.1. The third-order valence-electron chi connectivity index (χ3n) is 7.15. The number of halogens is 3. The number of likely N-dealkylation sites (tertiary alicyclic amines) is 1. The Balaban J connectivity index is 1.58. The highest BCUT2D eigenvalue weighted by atomic mass is 32.2. The van der Waals surface area contributed by atoms with Crippen LogP contribution in [0.5, 0.6) is 5.75 Å². The van der Waals surface area contributed by atoms with Crippen molar-refractivity contribution in [2.45, 2.75) is 56.4 Å². The normalized spacial score (nSPS) is 14.8. The van der Waals surface area contributed by atoms with Crippen LogP contribution < -0.4 is 15.4 Å². The van der Waals surface area contributed by atoms with Gasteiger partial charge in [0.1, 0.15) is 6.54 Å². The van der Waals surface area contributed by atoms with E-state index < -0.39 is 22.6 Å². The predicted molar refractivity (Wildman–Crippen MR) is 158 cm³/mol. The summed E-state index contributed by atoms with van der Waals surface area (Å²) in [4.78, 5) is 5.58. The van der Waals surface area contributed by atoms with Crippen molar-refractivity contribution in [1.82, 2.24) is 9.47 Å². The van der Waals surface area contributed by atoms with Gasteiger partial charge in [0.15, 0.2) is 15.6 Å². The molecule has 0 radical (unpaired) electrons. The largest absolute Gasteiger partial charge is 0.424 e. The van der Waals surface area contributed by atoms with Crippen LogP contribution in [0.15, 0.2) is 47.4 Å². The summed E-state index contributed by atoms with van der Waals surface area (Å²) in [6.45, 7) is 11.8. The molecule has 0 bridgehead atoms. The fourth-order valence-electron chi connectivity index (χ4n) is 5.02. The Morgan fingerprint density at radius 2 is 1.88 bits per heavy atom. The molecule has 2 aromatic carbocycles. The quantitative estimate of drug-likeness (QED) is 0.245. The highest BCUT2D eigenvalue weighted by Crippen LogP contribution is 2.32. The fourth-order valence-corrected chi connectivity index (χ4v) is 5.65. The summed E-state index contributed by atoms with van der Waals surface area (Å²) in [7, 11) is -3.50. The SMILES string of the molecule is [C-]#[N+]COc1cc(S(C)(=O)=O)ccc1NCC#Cc1cc2c(NC3CCN(C(C)C)CC3)cccc2n1CC(F)(F)F. The van der Waals surface area contributed by atoms with Crippen LogP contribution in [0.4, 0.5) is 24.5 Å². The molecule has 2 heterocycles. The lowest BCUT2D eigenvalue weighted by atomic mass is 10.0. The summed E-state index contributed by atoms with van der Waals surface area (Å²) in [5.74, 6) is 5.91. The van der Waals surface area contributed by atoms with Gasteiger partial charge in [0.2, 0.25) is 0 Å². The third kappa shape index (κ3) is 7.90. The van der Waals surface area contributed by atoms with Crippen LogP contribution in [0.1, 0.15) is 32.4 Å². The van der Waals surface area contributed by atoms with Crippen LogP contribution >= 0.6 is 0 Å². The van der Waals surface area contributed by atoms with Gasteiger partial charge in [0, 0.05) is 48.6 Å². The van der Waals surface area contributed by atoms with E-state index in [2.05, 4.69) is 46.1 Å². The number of sulfone groups is 1. The number of nitrogens with zero attached hydrogens (tertiary/aromatic N) is 3. The summed E-state index contributed by atoms with van der Waals surface area (Å²) in [6.07, 6.45) is -1.48. The van der Waals surface area contributed by atoms with Gasteiger partial charge in [-0.3, -0.25) is 4.85 Å². The average molecular weight is 602 g/mol. The van der Waals surface area contributed by atoms with Gasteiger partial charge in [-0.2, -0.15) is 13.2 Å². The van der Waals surface area contributed by atoms with E-state index in [0.717, 1.165) is 37.9 Å². The number of hydrogen-bond acceptors (Lipinski definition) is 6. The molecule has 1 saturated heterocycles. The maximum absolute atomic E-state index is 13.6. The van der Waals surface area contributed by atoms with Gasteiger partial charge in [-0.05, 0) is 62.9 Å². The topological polar surface area (TPSA) is 80.0 Å². The molecule has 3 aromatic rings. The van der Waals surface area contributed by atoms with Crippen LogP contribution in [0.3, 0.4) is 0 Å². The molecule has 0 aliphatic carbocycles. The maximum atomic E-state index is 13.6. The van der Waals surface area contributed by atoms with Crippen molar-refractivity contribution in [1.29, 1.82) is 0 Å². The number of hydrogen-bond donors (Lipinski definition) is 2. The molecule has 8 nitrogen and oxygen atoms in total. The number of aromatic nitrogens is 1. The van der Waals surface area contributed by atoms with E-state index in [1.54, 1.807) is 18.2 Å². The number of fused-ring (bicyclic) bond motifs is 1. The number of anilines is 2. The zero-order valence-corrected chi connectivity index (χ0v) is 24.6. The monoisotopic (exact) mass is 601 g/mol. The van der Waals surface area contributed by atoms with E-state index in [4.69, 9.17) is 11.3 Å². The number of benzene rings is 2. The van der Waals surface area contributed by atoms with Crippen molar-refractivity contribution in [2.24, 2.45) is 0 Å². The molecular weight excluding hydrogens is 567 g/mol. The van der Waals surface area contributed by atoms with Crippen molar-refractivity contribution in [3.63, 3.8) is 0 Å². The molecule has 1 fully saturated rings. The molecule has 0 spiro atoms. The molecule has 0 saturated carbocycles. The molecule has 0 unspecified atom stereocenters. The highest BCUT2D eigenvalue weighted by molar-refractivity contribution is 7.90. The second-order valence-corrected chi connectivity index (χ2v) is 12.6. The fraction of sp³-hybridized carbons (Fsp3) is 0.433. The van der Waals surface area contributed by atoms with E-state index in [1.807, 2.05) is 6.07 Å². The van der Waals surface area contributed by atoms with E-state index >= 15 is 0 Å². The van der Waals surface area contributed by atoms with Crippen LogP contribution in [-0.4, -0.2) is 68.8 Å². The first-order valence-electron chi connectivity index (χ1n) is 13.6. The second-order valence-electron chi connectivity index (χ2n) is 10.5. The Bertz CT molecular complexity index is 1620. The molecule has 1 aliphatic heterocycles. The molecule has 1 aliphatic rings. The standard InChI is InChI=1S/C30H34F3N5O3S/c1-21(2)37-15-12-22(13-16-37)36-26-8-5-9-28-25(26)17-23(38(28)19-30(31,32)33)7-6-14-35-27-11-10-24(42(4,39)40)18-29(27)41-20-34-3/h5,8-11,17-18,21-22,35-36H,12-16,19-20H2,1-2,4H3. The number of nitrogens with one attached hydrogen (secondary N) is 2. The van der Waals surface area contributed by atoms with E-state index in [-0.39, 0.29) is 35.7 Å². The Kier molecular flexibility index (Phi) is 9.60. The predicted octanol–water partition coefficient (Wildman–Crippen LogP) is 5.61. The first-order valence-corrected chi connectivity index (χ1v) is 15.5. The van der Waals surface area contributed by atoms with Crippen molar-refractivity contribution in [3.05, 3.63) is 59.6 Å². The van der Waals surface area contributed by atoms with E-state index in [1.165, 1.54) is 22.8 Å². The van der Waals surface area contributed by atoms with Crippen molar-refractivity contribution in [3.8, 4) is 17.6 Å². The van der Waals surface area contributed by atoms with Crippen molar-refractivity contribution >= 4 is 32.1 Å². The summed E-state index contributed by atoms with van der Waals surface area (Å²) in [5, 5.41) is 7.24. The molecule has 42 heavy (non-hydrogen) atoms. The lowest BCUT2D eigenvalue weighted by molar-refractivity contribution is -0.140. The molecule has 0 amide bonds. The minimum atomic E-state index is -4.44. The maximum Gasteiger partial charge on any atom is 0.406 e. The molecule has 2 N–H and O–H groups in total. The van der Waals surface area contributed by atoms with E-state index in [9.17, 15) is 21.6 Å². The smallest absolute Gasteiger partial charge is 0.406 e. The van der Waals surface area contributed by atoms with Crippen molar-refractivity contribution in [2.75, 3.05) is 43.3 Å². The van der Waals surface area contributed by atoms with Crippen molar-refractivity contribution < 1.29 is 26.3 Å². The molecule has 224 valence electrons. The minimum Gasteiger partial charge on any atom is -0.424 e. The lowest BCUT2D eigenvalue weighted by Gasteiger charge is -2.35. The van der Waals surface area contributed by atoms with Gasteiger partial charge in [-0.15, -0.1) is 0 Å². The lowest BCUT2D eigenvalue weighted by Crippen LogP contribution is -2.42. The van der Waals surface area contributed by atoms with Gasteiger partial charge in [-0.25, -0.2) is 15.0 Å². The van der Waals surface area contributed by atoms with Crippen LogP contribution in [0.2, 0.25) is 0 Å². The highest BCUT2D eigenvalue weighted by Gasteiger charge is 2.30. The van der Waals surface area contributed by atoms with Crippen LogP contribution in [0, 0.1) is 18.4 Å². The van der Waals surface area contributed by atoms with Gasteiger partial charge in [0.05, 0.1) is 28.3 Å². The van der Waals surface area contributed by atoms with Gasteiger partial charge in [0.25, 0.3) is 0 Å². The number of piperidine rings is 1. The second kappa shape index (κ2) is 13.0. The van der Waals surface area contributed by atoms with Crippen LogP contribution in [0.25, 0.3) is 15.7 Å². The molecule has 12 heteroatoms. The molecular formula is C30H34F3N5O3S. The molecule has 1 aromatic heterocycles. The van der Waals surface area contributed by atoms with Gasteiger partial charge in [-0.1, -0.05) is 12.0 Å². The third-order valence-corrected chi connectivity index (χ3v) is 8.26. The number of rotatable bonds is 9. The minimum absolute atomic E-state index is 0.0330. The molecule has 4 rings (SSSR count). The zero-order chi connectivity index (χ0) is 30.5. The summed E-state index contributed by atoms with van der Waals surface area (Å²) < 4.78 is 71.2. The summed E-state index contributed by atoms with van der Waals surface area (Å²) in [6, 6.07) is 11.9. The summed E-state index contributed by atoms with van der Waals surface area (Å²) in [5.41, 5.74) is 1.86. The van der Waals surface area contributed by atoms with Gasteiger partial charge >= 0.3 is 12.9 Å². The van der Waals surface area contributed by atoms with Crippen LogP contribution in [-0.2, 0) is 16.4 Å². The zero-order valence-electron chi connectivity index (χ0n) is 23.8. The number of alkyl halides is 3. The Morgan fingerprint density at radius 1 is 1.14 bits per heavy atom.